The molecule has 86 valence electrons. The fourth-order valence-corrected chi connectivity index (χ4v) is 2.22. The summed E-state index contributed by atoms with van der Waals surface area (Å²) < 4.78 is 0. The number of rotatable bonds is 4. The summed E-state index contributed by atoms with van der Waals surface area (Å²) in [6, 6.07) is 0. The molecule has 0 saturated heterocycles. The highest BCUT2D eigenvalue weighted by molar-refractivity contribution is 5.80. The Labute approximate surface area is 90.3 Å². The Morgan fingerprint density at radius 3 is 2.13 bits per heavy atom. The van der Waals surface area contributed by atoms with Gasteiger partial charge in [0.2, 0.25) is 5.91 Å². The molecule has 1 aliphatic carbocycles. The average molecular weight is 213 g/mol. The molecule has 0 aromatic carbocycles. The molecule has 1 N–H and O–H groups in total. The van der Waals surface area contributed by atoms with Crippen molar-refractivity contribution < 1.29 is 14.7 Å². The third-order valence-electron chi connectivity index (χ3n) is 3.21. The molecule has 0 aromatic heterocycles. The molecule has 0 heterocycles. The van der Waals surface area contributed by atoms with Crippen LogP contribution in [0.4, 0.5) is 0 Å². The van der Waals surface area contributed by atoms with Crippen LogP contribution in [0.25, 0.3) is 0 Å². The highest BCUT2D eigenvalue weighted by Crippen LogP contribution is 2.32. The van der Waals surface area contributed by atoms with E-state index in [4.69, 9.17) is 5.11 Å². The van der Waals surface area contributed by atoms with E-state index in [1.54, 1.807) is 4.90 Å². The number of amides is 1. The highest BCUT2D eigenvalue weighted by atomic mass is 16.4. The van der Waals surface area contributed by atoms with E-state index in [2.05, 4.69) is 0 Å². The predicted molar refractivity (Wildman–Crippen MR) is 56.4 cm³/mol. The molecule has 15 heavy (non-hydrogen) atoms. The first-order valence-electron chi connectivity index (χ1n) is 5.61. The van der Waals surface area contributed by atoms with Crippen LogP contribution in [-0.4, -0.2) is 35.0 Å². The molecule has 1 fully saturated rings. The maximum atomic E-state index is 11.9. The first-order valence-corrected chi connectivity index (χ1v) is 5.61. The van der Waals surface area contributed by atoms with Crippen LogP contribution in [0, 0.1) is 11.8 Å². The van der Waals surface area contributed by atoms with E-state index in [1.807, 2.05) is 13.8 Å². The van der Waals surface area contributed by atoms with Crippen molar-refractivity contribution in [3.8, 4) is 0 Å². The Bertz CT molecular complexity index is 248. The molecule has 1 aliphatic rings. The second kappa shape index (κ2) is 5.14. The maximum Gasteiger partial charge on any atom is 0.306 e. The fraction of sp³-hybridized carbons (Fsp3) is 0.818. The van der Waals surface area contributed by atoms with E-state index in [1.165, 1.54) is 0 Å². The van der Waals surface area contributed by atoms with Crippen molar-refractivity contribution in [3.63, 3.8) is 0 Å². The van der Waals surface area contributed by atoms with Crippen LogP contribution in [0.3, 0.4) is 0 Å². The number of hydrogen-bond acceptors (Lipinski definition) is 2. The molecule has 2 atom stereocenters. The largest absolute Gasteiger partial charge is 0.481 e. The van der Waals surface area contributed by atoms with Gasteiger partial charge in [-0.1, -0.05) is 0 Å². The molecule has 1 amide bonds. The number of hydrogen-bond donors (Lipinski definition) is 1. The normalized spacial score (nSPS) is 25.2. The van der Waals surface area contributed by atoms with E-state index in [9.17, 15) is 9.59 Å². The molecular formula is C11H19NO3. The first-order chi connectivity index (χ1) is 7.10. The zero-order chi connectivity index (χ0) is 11.4. The molecule has 0 spiro atoms. The molecule has 0 radical (unpaired) electrons. The minimum absolute atomic E-state index is 0.0639. The number of carbonyl (C=O) groups is 2. The first kappa shape index (κ1) is 12.0. The smallest absolute Gasteiger partial charge is 0.306 e. The zero-order valence-corrected chi connectivity index (χ0v) is 9.40. The second-order valence-electron chi connectivity index (χ2n) is 4.06. The summed E-state index contributed by atoms with van der Waals surface area (Å²) in [5.74, 6) is -1.01. The quantitative estimate of drug-likeness (QED) is 0.767. The van der Waals surface area contributed by atoms with E-state index >= 15 is 0 Å². The van der Waals surface area contributed by atoms with Crippen LogP contribution in [0.2, 0.25) is 0 Å². The lowest BCUT2D eigenvalue weighted by atomic mass is 10.0. The summed E-state index contributed by atoms with van der Waals surface area (Å²) in [6.45, 7) is 5.32. The van der Waals surface area contributed by atoms with Gasteiger partial charge in [-0.25, -0.2) is 0 Å². The van der Waals surface area contributed by atoms with Crippen molar-refractivity contribution in [2.24, 2.45) is 11.8 Å². The molecule has 0 unspecified atom stereocenters. The van der Waals surface area contributed by atoms with Gasteiger partial charge in [-0.15, -0.1) is 0 Å². The molecule has 0 aromatic rings. The van der Waals surface area contributed by atoms with E-state index in [0.717, 1.165) is 6.42 Å². The van der Waals surface area contributed by atoms with Crippen molar-refractivity contribution >= 4 is 11.9 Å². The summed E-state index contributed by atoms with van der Waals surface area (Å²) in [7, 11) is 0. The maximum absolute atomic E-state index is 11.9. The van der Waals surface area contributed by atoms with Gasteiger partial charge in [0.25, 0.3) is 0 Å². The Morgan fingerprint density at radius 2 is 1.73 bits per heavy atom. The van der Waals surface area contributed by atoms with E-state index < -0.39 is 5.97 Å². The summed E-state index contributed by atoms with van der Waals surface area (Å²) in [5.41, 5.74) is 0. The molecule has 0 aliphatic heterocycles. The average Bonchev–Trinajstić information content (AvgIpc) is 2.68. The summed E-state index contributed by atoms with van der Waals surface area (Å²) in [4.78, 5) is 24.4. The van der Waals surface area contributed by atoms with Crippen LogP contribution in [-0.2, 0) is 9.59 Å². The van der Waals surface area contributed by atoms with Crippen LogP contribution < -0.4 is 0 Å². The lowest BCUT2D eigenvalue weighted by Crippen LogP contribution is -2.35. The minimum atomic E-state index is -0.759. The van der Waals surface area contributed by atoms with Crippen molar-refractivity contribution in [1.29, 1.82) is 0 Å². The molecule has 1 rings (SSSR count). The summed E-state index contributed by atoms with van der Waals surface area (Å²) in [6.07, 6.45) is 1.89. The number of nitrogens with zero attached hydrogens (tertiary/aromatic N) is 1. The lowest BCUT2D eigenvalue weighted by molar-refractivity contribution is -0.141. The third-order valence-corrected chi connectivity index (χ3v) is 3.21. The zero-order valence-electron chi connectivity index (χ0n) is 9.40. The Hall–Kier alpha value is -1.06. The second-order valence-corrected chi connectivity index (χ2v) is 4.06. The van der Waals surface area contributed by atoms with Crippen molar-refractivity contribution in [2.45, 2.75) is 33.1 Å². The Balaban J connectivity index is 2.53. The SMILES string of the molecule is CCN(CC)C(=O)[C@@H]1CC[C@H](C(=O)O)C1. The van der Waals surface area contributed by atoms with Crippen LogP contribution >= 0.6 is 0 Å². The van der Waals surface area contributed by atoms with Gasteiger partial charge < -0.3 is 10.0 Å². The van der Waals surface area contributed by atoms with Crippen molar-refractivity contribution in [3.05, 3.63) is 0 Å². The summed E-state index contributed by atoms with van der Waals surface area (Å²) >= 11 is 0. The number of carboxylic acids is 1. The summed E-state index contributed by atoms with van der Waals surface area (Å²) in [5, 5.41) is 8.84. The van der Waals surface area contributed by atoms with Crippen LogP contribution in [0.15, 0.2) is 0 Å². The van der Waals surface area contributed by atoms with Gasteiger partial charge in [0.1, 0.15) is 0 Å². The Kier molecular flexibility index (Phi) is 4.12. The van der Waals surface area contributed by atoms with E-state index in [0.29, 0.717) is 25.9 Å². The molecular weight excluding hydrogens is 194 g/mol. The van der Waals surface area contributed by atoms with Gasteiger partial charge >= 0.3 is 5.97 Å². The topological polar surface area (TPSA) is 57.6 Å². The molecule has 4 nitrogen and oxygen atoms in total. The number of carbonyl (C=O) groups excluding carboxylic acids is 1. The number of carboxylic acid groups (broad SMARTS) is 1. The van der Waals surface area contributed by atoms with Crippen LogP contribution in [0.1, 0.15) is 33.1 Å². The van der Waals surface area contributed by atoms with Crippen LogP contribution in [0.5, 0.6) is 0 Å². The monoisotopic (exact) mass is 213 g/mol. The van der Waals surface area contributed by atoms with Gasteiger partial charge in [0, 0.05) is 19.0 Å². The molecule has 1 saturated carbocycles. The standard InChI is InChI=1S/C11H19NO3/c1-3-12(4-2)10(13)8-5-6-9(7-8)11(14)15/h8-9H,3-7H2,1-2H3,(H,14,15)/t8-,9+/m1/s1. The van der Waals surface area contributed by atoms with Gasteiger partial charge in [-0.05, 0) is 33.1 Å². The van der Waals surface area contributed by atoms with Gasteiger partial charge in [-0.3, -0.25) is 9.59 Å². The van der Waals surface area contributed by atoms with Gasteiger partial charge in [0.15, 0.2) is 0 Å². The van der Waals surface area contributed by atoms with E-state index in [-0.39, 0.29) is 17.7 Å². The van der Waals surface area contributed by atoms with Gasteiger partial charge in [-0.2, -0.15) is 0 Å². The number of aliphatic carboxylic acids is 1. The Morgan fingerprint density at radius 1 is 1.20 bits per heavy atom. The lowest BCUT2D eigenvalue weighted by Gasteiger charge is -2.22. The van der Waals surface area contributed by atoms with Crippen molar-refractivity contribution in [1.82, 2.24) is 4.90 Å². The van der Waals surface area contributed by atoms with Crippen molar-refractivity contribution in [2.75, 3.05) is 13.1 Å². The minimum Gasteiger partial charge on any atom is -0.481 e. The molecule has 0 bridgehead atoms. The third kappa shape index (κ3) is 2.70. The molecule has 4 heteroatoms. The fourth-order valence-electron chi connectivity index (χ4n) is 2.22. The van der Waals surface area contributed by atoms with Gasteiger partial charge in [0.05, 0.1) is 5.92 Å². The predicted octanol–water partition coefficient (Wildman–Crippen LogP) is 1.36. The highest BCUT2D eigenvalue weighted by Gasteiger charge is 2.35.